The monoisotopic (exact) mass is 283 g/mol. The maximum Gasteiger partial charge on any atom is 0.260 e. The van der Waals surface area contributed by atoms with Gasteiger partial charge in [0.25, 0.3) is 5.56 Å². The summed E-state index contributed by atoms with van der Waals surface area (Å²) in [5, 5.41) is 13.2. The summed E-state index contributed by atoms with van der Waals surface area (Å²) >= 11 is 0. The van der Waals surface area contributed by atoms with Gasteiger partial charge in [0.1, 0.15) is 11.6 Å². The fourth-order valence-electron chi connectivity index (χ4n) is 2.03. The summed E-state index contributed by atoms with van der Waals surface area (Å²) in [5.74, 6) is 1.17. The third-order valence-corrected chi connectivity index (χ3v) is 3.02. The molecule has 0 saturated heterocycles. The summed E-state index contributed by atoms with van der Waals surface area (Å²) in [4.78, 5) is 24.4. The van der Waals surface area contributed by atoms with E-state index in [0.717, 1.165) is 5.39 Å². The first-order valence-electron chi connectivity index (χ1n) is 6.41. The maximum absolute atomic E-state index is 12.2. The first kappa shape index (κ1) is 13.2. The van der Waals surface area contributed by atoms with Gasteiger partial charge in [0.15, 0.2) is 0 Å². The normalized spacial score (nSPS) is 10.7. The number of aliphatic hydroxyl groups excluding tert-OH is 1. The van der Waals surface area contributed by atoms with Crippen molar-refractivity contribution in [3.63, 3.8) is 0 Å². The molecular weight excluding hydrogens is 270 g/mol. The van der Waals surface area contributed by atoms with Crippen molar-refractivity contribution in [2.45, 2.75) is 6.54 Å². The number of nitrogens with one attached hydrogen (secondary N) is 1. The average molecular weight is 283 g/mol. The summed E-state index contributed by atoms with van der Waals surface area (Å²) in [6.07, 6.45) is 7.93. The minimum Gasteiger partial charge on any atom is -0.395 e. The molecule has 3 heterocycles. The molecule has 0 aliphatic rings. The number of rotatable bonds is 4. The highest BCUT2D eigenvalue weighted by Gasteiger charge is 2.05. The molecule has 3 aromatic rings. The van der Waals surface area contributed by atoms with Gasteiger partial charge in [-0.1, -0.05) is 0 Å². The van der Waals surface area contributed by atoms with E-state index < -0.39 is 0 Å². The average Bonchev–Trinajstić information content (AvgIpc) is 2.51. The van der Waals surface area contributed by atoms with E-state index >= 15 is 0 Å². The number of nitrogens with zero attached hydrogens (tertiary/aromatic N) is 4. The second kappa shape index (κ2) is 5.68. The van der Waals surface area contributed by atoms with Crippen molar-refractivity contribution in [2.24, 2.45) is 0 Å². The van der Waals surface area contributed by atoms with Gasteiger partial charge in [0, 0.05) is 31.3 Å². The zero-order valence-electron chi connectivity index (χ0n) is 11.1. The van der Waals surface area contributed by atoms with Crippen LogP contribution in [0.4, 0.5) is 11.6 Å². The lowest BCUT2D eigenvalue weighted by Gasteiger charge is -2.07. The first-order valence-corrected chi connectivity index (χ1v) is 6.41. The molecule has 7 nitrogen and oxygen atoms in total. The van der Waals surface area contributed by atoms with Crippen molar-refractivity contribution < 1.29 is 5.11 Å². The van der Waals surface area contributed by atoms with Crippen molar-refractivity contribution in [2.75, 3.05) is 11.9 Å². The van der Waals surface area contributed by atoms with Gasteiger partial charge < -0.3 is 15.0 Å². The second-order valence-corrected chi connectivity index (χ2v) is 4.41. The van der Waals surface area contributed by atoms with Crippen LogP contribution < -0.4 is 10.9 Å². The van der Waals surface area contributed by atoms with E-state index in [1.54, 1.807) is 30.9 Å². The summed E-state index contributed by atoms with van der Waals surface area (Å²) in [6.45, 7) is 0.194. The van der Waals surface area contributed by atoms with Crippen molar-refractivity contribution in [3.05, 3.63) is 53.5 Å². The first-order chi connectivity index (χ1) is 10.3. The van der Waals surface area contributed by atoms with Crippen LogP contribution in [0.5, 0.6) is 0 Å². The van der Waals surface area contributed by atoms with E-state index in [9.17, 15) is 4.79 Å². The minimum atomic E-state index is -0.167. The summed E-state index contributed by atoms with van der Waals surface area (Å²) in [5.41, 5.74) is -0.167. The van der Waals surface area contributed by atoms with Crippen LogP contribution in [-0.2, 0) is 6.54 Å². The molecule has 0 atom stereocenters. The van der Waals surface area contributed by atoms with Crippen molar-refractivity contribution in [1.82, 2.24) is 19.5 Å². The molecule has 0 aliphatic carbocycles. The number of pyridine rings is 2. The molecule has 3 rings (SSSR count). The molecular formula is C14H13N5O2. The Kier molecular flexibility index (Phi) is 3.57. The van der Waals surface area contributed by atoms with Gasteiger partial charge in [-0.05, 0) is 17.5 Å². The molecule has 3 aromatic heterocycles. The molecule has 0 spiro atoms. The summed E-state index contributed by atoms with van der Waals surface area (Å²) in [6, 6.07) is 3.59. The van der Waals surface area contributed by atoms with E-state index in [4.69, 9.17) is 5.11 Å². The lowest BCUT2D eigenvalue weighted by Crippen LogP contribution is -2.21. The topological polar surface area (TPSA) is 92.9 Å². The van der Waals surface area contributed by atoms with E-state index in [2.05, 4.69) is 20.3 Å². The number of fused-ring (bicyclic) bond motifs is 1. The Labute approximate surface area is 119 Å². The molecule has 7 heteroatoms. The fourth-order valence-corrected chi connectivity index (χ4v) is 2.03. The number of anilines is 2. The Hall–Kier alpha value is -2.80. The largest absolute Gasteiger partial charge is 0.395 e. The van der Waals surface area contributed by atoms with Crippen LogP contribution >= 0.6 is 0 Å². The summed E-state index contributed by atoms with van der Waals surface area (Å²) < 4.78 is 1.46. The molecule has 0 radical (unpaired) electrons. The van der Waals surface area contributed by atoms with Crippen LogP contribution in [0.2, 0.25) is 0 Å². The number of hydrogen-bond donors (Lipinski definition) is 2. The molecule has 0 fully saturated rings. The molecule has 0 aromatic carbocycles. The minimum absolute atomic E-state index is 0.0782. The molecule has 0 amide bonds. The Bertz CT molecular complexity index is 816. The van der Waals surface area contributed by atoms with Crippen molar-refractivity contribution in [3.8, 4) is 0 Å². The predicted octanol–water partition coefficient (Wildman–Crippen LogP) is 0.922. The van der Waals surface area contributed by atoms with E-state index in [1.807, 2.05) is 6.07 Å². The van der Waals surface area contributed by atoms with E-state index in [0.29, 0.717) is 17.0 Å². The lowest BCUT2D eigenvalue weighted by atomic mass is 10.2. The van der Waals surface area contributed by atoms with Gasteiger partial charge >= 0.3 is 0 Å². The highest BCUT2D eigenvalue weighted by atomic mass is 16.3. The smallest absolute Gasteiger partial charge is 0.260 e. The Balaban J connectivity index is 1.98. The van der Waals surface area contributed by atoms with Gasteiger partial charge in [-0.25, -0.2) is 9.97 Å². The zero-order valence-corrected chi connectivity index (χ0v) is 11.1. The van der Waals surface area contributed by atoms with E-state index in [1.165, 1.54) is 10.8 Å². The van der Waals surface area contributed by atoms with Crippen molar-refractivity contribution in [1.29, 1.82) is 0 Å². The molecule has 21 heavy (non-hydrogen) atoms. The van der Waals surface area contributed by atoms with Gasteiger partial charge in [0.05, 0.1) is 18.2 Å². The van der Waals surface area contributed by atoms with Crippen LogP contribution in [0.1, 0.15) is 0 Å². The summed E-state index contributed by atoms with van der Waals surface area (Å²) in [7, 11) is 0. The molecule has 0 aliphatic heterocycles. The Morgan fingerprint density at radius 2 is 2.10 bits per heavy atom. The molecule has 106 valence electrons. The van der Waals surface area contributed by atoms with Crippen LogP contribution in [-0.4, -0.2) is 31.2 Å². The number of hydrogen-bond acceptors (Lipinski definition) is 6. The number of aromatic nitrogens is 4. The van der Waals surface area contributed by atoms with Gasteiger partial charge in [0.2, 0.25) is 0 Å². The zero-order chi connectivity index (χ0) is 14.7. The molecule has 0 bridgehead atoms. The highest BCUT2D eigenvalue weighted by molar-refractivity contribution is 5.83. The van der Waals surface area contributed by atoms with Crippen LogP contribution in [0.25, 0.3) is 10.8 Å². The SMILES string of the molecule is O=c1c2cnc(Nc3cnccn3)cc2ccn1CCO. The standard InChI is InChI=1S/C14H13N5O2/c20-6-5-19-4-1-10-7-12(17-8-11(10)14(19)21)18-13-9-15-2-3-16-13/h1-4,7-9,20H,5-6H2,(H,16,17,18). The Morgan fingerprint density at radius 3 is 2.86 bits per heavy atom. The lowest BCUT2D eigenvalue weighted by molar-refractivity contribution is 0.274. The fraction of sp³-hybridized carbons (Fsp3) is 0.143. The highest BCUT2D eigenvalue weighted by Crippen LogP contribution is 2.16. The van der Waals surface area contributed by atoms with Crippen LogP contribution in [0, 0.1) is 0 Å². The number of aliphatic hydroxyl groups is 1. The van der Waals surface area contributed by atoms with Gasteiger partial charge in [-0.15, -0.1) is 0 Å². The maximum atomic E-state index is 12.2. The quantitative estimate of drug-likeness (QED) is 0.739. The Morgan fingerprint density at radius 1 is 1.19 bits per heavy atom. The predicted molar refractivity (Wildman–Crippen MR) is 78.4 cm³/mol. The second-order valence-electron chi connectivity index (χ2n) is 4.41. The van der Waals surface area contributed by atoms with Crippen LogP contribution in [0.15, 0.2) is 47.9 Å². The van der Waals surface area contributed by atoms with E-state index in [-0.39, 0.29) is 18.7 Å². The van der Waals surface area contributed by atoms with Gasteiger partial charge in [-0.3, -0.25) is 9.78 Å². The molecule has 0 saturated carbocycles. The molecule has 0 unspecified atom stereocenters. The van der Waals surface area contributed by atoms with Crippen LogP contribution in [0.3, 0.4) is 0 Å². The third-order valence-electron chi connectivity index (χ3n) is 3.02. The third kappa shape index (κ3) is 2.72. The van der Waals surface area contributed by atoms with Crippen molar-refractivity contribution >= 4 is 22.4 Å². The van der Waals surface area contributed by atoms with Gasteiger partial charge in [-0.2, -0.15) is 0 Å². The molecule has 2 N–H and O–H groups in total.